The molecule has 1 fully saturated rings. The molecular weight excluding hydrogens is 422 g/mol. The van der Waals surface area contributed by atoms with E-state index in [0.29, 0.717) is 29.8 Å². The number of hydrogen-bond donors (Lipinski definition) is 2. The predicted molar refractivity (Wildman–Crippen MR) is 123 cm³/mol. The molecule has 11 nitrogen and oxygen atoms in total. The molecule has 3 N–H and O–H groups in total. The van der Waals surface area contributed by atoms with E-state index in [1.807, 2.05) is 19.3 Å². The molecule has 5 rings (SSSR count). The Morgan fingerprint density at radius 2 is 2.09 bits per heavy atom. The highest BCUT2D eigenvalue weighted by Crippen LogP contribution is 2.33. The molecule has 0 saturated carbocycles. The third-order valence-corrected chi connectivity index (χ3v) is 6.14. The van der Waals surface area contributed by atoms with E-state index in [4.69, 9.17) is 20.2 Å². The molecule has 0 radical (unpaired) electrons. The van der Waals surface area contributed by atoms with Crippen molar-refractivity contribution >= 4 is 17.3 Å². The lowest BCUT2D eigenvalue weighted by atomic mass is 9.92. The standard InChI is InChI=1S/C22H29N9O2/c1-13-5-6-15(10-30(13)16-9-25-29(11-16)12-22(3,4)32)18-27-19-14(2)17(20-24-7-8-33-20)26-21(23)31(19)28-18/h7-9,11,13,15,32H,5-6,10,12H2,1-4H3,(H2,23,26)/t13-,15+/m0/s1. The maximum absolute atomic E-state index is 10.1. The molecule has 0 aliphatic carbocycles. The van der Waals surface area contributed by atoms with Crippen molar-refractivity contribution in [1.82, 2.24) is 34.3 Å². The van der Waals surface area contributed by atoms with Gasteiger partial charge >= 0.3 is 0 Å². The second kappa shape index (κ2) is 7.84. The van der Waals surface area contributed by atoms with Crippen molar-refractivity contribution in [3.63, 3.8) is 0 Å². The Balaban J connectivity index is 1.44. The van der Waals surface area contributed by atoms with Crippen LogP contribution in [0.1, 0.15) is 50.9 Å². The van der Waals surface area contributed by atoms with E-state index >= 15 is 0 Å². The molecule has 0 unspecified atom stereocenters. The molecule has 5 heterocycles. The van der Waals surface area contributed by atoms with E-state index in [1.165, 1.54) is 6.26 Å². The first-order chi connectivity index (χ1) is 15.7. The minimum Gasteiger partial charge on any atom is -0.443 e. The molecule has 0 bridgehead atoms. The van der Waals surface area contributed by atoms with E-state index in [0.717, 1.165) is 36.5 Å². The van der Waals surface area contributed by atoms with Crippen LogP contribution < -0.4 is 10.6 Å². The summed E-state index contributed by atoms with van der Waals surface area (Å²) in [7, 11) is 0. The minimum absolute atomic E-state index is 0.141. The summed E-state index contributed by atoms with van der Waals surface area (Å²) in [5.41, 5.74) is 8.47. The van der Waals surface area contributed by atoms with Crippen molar-refractivity contribution in [3.05, 3.63) is 36.2 Å². The van der Waals surface area contributed by atoms with Gasteiger partial charge in [-0.05, 0) is 40.5 Å². The molecule has 4 aromatic rings. The number of hydrogen-bond acceptors (Lipinski definition) is 9. The lowest BCUT2D eigenvalue weighted by molar-refractivity contribution is 0.0577. The van der Waals surface area contributed by atoms with Gasteiger partial charge in [-0.2, -0.15) is 9.61 Å². The zero-order chi connectivity index (χ0) is 23.3. The minimum atomic E-state index is -0.824. The van der Waals surface area contributed by atoms with Gasteiger partial charge in [-0.25, -0.2) is 15.0 Å². The predicted octanol–water partition coefficient (Wildman–Crippen LogP) is 2.41. The first-order valence-corrected chi connectivity index (χ1v) is 11.1. The summed E-state index contributed by atoms with van der Waals surface area (Å²) in [6.45, 7) is 8.90. The first-order valence-electron chi connectivity index (χ1n) is 11.1. The number of aryl methyl sites for hydroxylation is 1. The molecule has 0 aromatic carbocycles. The summed E-state index contributed by atoms with van der Waals surface area (Å²) < 4.78 is 8.80. The first kappa shape index (κ1) is 21.4. The van der Waals surface area contributed by atoms with Crippen LogP contribution in [0.4, 0.5) is 11.6 Å². The number of aliphatic hydroxyl groups is 1. The number of aromatic nitrogens is 7. The Bertz CT molecular complexity index is 1270. The summed E-state index contributed by atoms with van der Waals surface area (Å²) in [6.07, 6.45) is 8.91. The Morgan fingerprint density at radius 3 is 2.82 bits per heavy atom. The van der Waals surface area contributed by atoms with Crippen LogP contribution in [0.15, 0.2) is 29.3 Å². The summed E-state index contributed by atoms with van der Waals surface area (Å²) in [6, 6.07) is 0.364. The lowest BCUT2D eigenvalue weighted by Crippen LogP contribution is -2.41. The summed E-state index contributed by atoms with van der Waals surface area (Å²) >= 11 is 0. The van der Waals surface area contributed by atoms with Crippen LogP contribution in [-0.2, 0) is 6.54 Å². The average molecular weight is 452 g/mol. The molecule has 0 amide bonds. The van der Waals surface area contributed by atoms with Gasteiger partial charge < -0.3 is 20.2 Å². The SMILES string of the molecule is Cc1c(-c2ncco2)nc(N)n2nc([C@@H]3CC[C@H](C)N(c4cnn(CC(C)(C)O)c4)C3)nc12. The summed E-state index contributed by atoms with van der Waals surface area (Å²) in [4.78, 5) is 15.8. The van der Waals surface area contributed by atoms with Crippen molar-refractivity contribution in [3.8, 4) is 11.6 Å². The second-order valence-corrected chi connectivity index (χ2v) is 9.47. The second-order valence-electron chi connectivity index (χ2n) is 9.47. The van der Waals surface area contributed by atoms with Crippen LogP contribution in [0, 0.1) is 6.92 Å². The topological polar surface area (TPSA) is 136 Å². The number of piperidine rings is 1. The maximum Gasteiger partial charge on any atom is 0.245 e. The quantitative estimate of drug-likeness (QED) is 0.468. The molecule has 1 aliphatic rings. The Morgan fingerprint density at radius 1 is 1.27 bits per heavy atom. The number of oxazole rings is 1. The van der Waals surface area contributed by atoms with Crippen LogP contribution in [0.2, 0.25) is 0 Å². The highest BCUT2D eigenvalue weighted by molar-refractivity contribution is 5.65. The van der Waals surface area contributed by atoms with Gasteiger partial charge in [0.1, 0.15) is 12.0 Å². The highest BCUT2D eigenvalue weighted by atomic mass is 16.3. The van der Waals surface area contributed by atoms with E-state index < -0.39 is 5.60 Å². The van der Waals surface area contributed by atoms with Gasteiger partial charge in [-0.15, -0.1) is 5.10 Å². The fraction of sp³-hybridized carbons (Fsp3) is 0.500. The fourth-order valence-electron chi connectivity index (χ4n) is 4.47. The van der Waals surface area contributed by atoms with Crippen LogP contribution >= 0.6 is 0 Å². The zero-order valence-corrected chi connectivity index (χ0v) is 19.3. The maximum atomic E-state index is 10.1. The van der Waals surface area contributed by atoms with Crippen LogP contribution in [0.3, 0.4) is 0 Å². The molecule has 1 saturated heterocycles. The molecule has 1 aliphatic heterocycles. The third kappa shape index (κ3) is 4.04. The Labute approximate surface area is 191 Å². The van der Waals surface area contributed by atoms with Gasteiger partial charge in [0.05, 0.1) is 30.2 Å². The van der Waals surface area contributed by atoms with Gasteiger partial charge in [0.25, 0.3) is 0 Å². The normalized spacial score (nSPS) is 19.5. The van der Waals surface area contributed by atoms with E-state index in [1.54, 1.807) is 29.2 Å². The van der Waals surface area contributed by atoms with Gasteiger partial charge in [-0.1, -0.05) is 0 Å². The van der Waals surface area contributed by atoms with Crippen molar-refractivity contribution in [2.75, 3.05) is 17.2 Å². The Hall–Kier alpha value is -3.47. The van der Waals surface area contributed by atoms with Crippen LogP contribution in [-0.4, -0.2) is 57.6 Å². The van der Waals surface area contributed by atoms with Gasteiger partial charge in [-0.3, -0.25) is 4.68 Å². The molecule has 4 aromatic heterocycles. The van der Waals surface area contributed by atoms with Gasteiger partial charge in [0.2, 0.25) is 11.8 Å². The smallest absolute Gasteiger partial charge is 0.245 e. The van der Waals surface area contributed by atoms with Gasteiger partial charge in [0, 0.05) is 30.3 Å². The van der Waals surface area contributed by atoms with Crippen LogP contribution in [0.5, 0.6) is 0 Å². The van der Waals surface area contributed by atoms with Crippen molar-refractivity contribution < 1.29 is 9.52 Å². The van der Waals surface area contributed by atoms with Crippen molar-refractivity contribution in [1.29, 1.82) is 0 Å². The number of nitrogen functional groups attached to an aromatic ring is 1. The Kier molecular flexibility index (Phi) is 5.08. The number of fused-ring (bicyclic) bond motifs is 1. The van der Waals surface area contributed by atoms with Crippen molar-refractivity contribution in [2.45, 2.75) is 64.6 Å². The molecule has 174 valence electrons. The zero-order valence-electron chi connectivity index (χ0n) is 19.3. The number of nitrogens with two attached hydrogens (primary N) is 1. The number of rotatable bonds is 5. The summed E-state index contributed by atoms with van der Waals surface area (Å²) in [5, 5.41) is 19.3. The lowest BCUT2D eigenvalue weighted by Gasteiger charge is -2.37. The molecular formula is C22H29N9O2. The fourth-order valence-corrected chi connectivity index (χ4v) is 4.47. The largest absolute Gasteiger partial charge is 0.443 e. The summed E-state index contributed by atoms with van der Waals surface area (Å²) in [5.74, 6) is 1.54. The average Bonchev–Trinajstić information content (AvgIpc) is 3.50. The molecule has 0 spiro atoms. The van der Waals surface area contributed by atoms with Crippen molar-refractivity contribution in [2.24, 2.45) is 0 Å². The van der Waals surface area contributed by atoms with E-state index in [9.17, 15) is 5.11 Å². The van der Waals surface area contributed by atoms with E-state index in [-0.39, 0.29) is 11.9 Å². The van der Waals surface area contributed by atoms with Gasteiger partial charge in [0.15, 0.2) is 11.5 Å². The highest BCUT2D eigenvalue weighted by Gasteiger charge is 2.31. The number of nitrogens with zero attached hydrogens (tertiary/aromatic N) is 8. The van der Waals surface area contributed by atoms with Crippen LogP contribution in [0.25, 0.3) is 17.2 Å². The van der Waals surface area contributed by atoms with E-state index in [2.05, 4.69) is 26.9 Å². The molecule has 33 heavy (non-hydrogen) atoms. The molecule has 11 heteroatoms. The third-order valence-electron chi connectivity index (χ3n) is 6.14. The number of anilines is 2. The monoisotopic (exact) mass is 451 g/mol. The molecule has 2 atom stereocenters.